The van der Waals surface area contributed by atoms with Crippen LogP contribution >= 0.6 is 15.6 Å². The molecule has 3 N–H and O–H groups in total. The summed E-state index contributed by atoms with van der Waals surface area (Å²) in [6.07, 6.45) is 58.3. The number of rotatable bonds is 79. The van der Waals surface area contributed by atoms with E-state index in [1.807, 2.05) is 0 Å². The number of carbonyl (C=O) groups is 4. The minimum absolute atomic E-state index is 0.105. The highest BCUT2D eigenvalue weighted by Crippen LogP contribution is 2.45. The lowest BCUT2D eigenvalue weighted by Gasteiger charge is -2.21. The summed E-state index contributed by atoms with van der Waals surface area (Å²) < 4.78 is 68.7. The standard InChI is InChI=1S/C82H160O17P2/c1-9-73(6)59-51-43-35-29-25-21-18-19-22-26-30-37-46-54-62-79(84)92-68-77(99-82(87)65-57-49-39-33-32-36-44-52-60-74(7)10-2)70-96-100(88,89)94-66-76(83)67-95-101(90,91)97-71-78(69-93-80(85)63-55-47-41-40-45-53-61-75(8)11-3)98-81(86)64-56-48-38-31-27-23-17-15-13-12-14-16-20-24-28-34-42-50-58-72(4)5/h72-78,83H,9-71H2,1-8H3,(H,88,89)(H,90,91)/t73?,74?,75?,76-,77-,78-/m1/s1. The molecule has 0 aromatic rings. The van der Waals surface area contributed by atoms with Crippen LogP contribution in [-0.4, -0.2) is 96.7 Å². The molecule has 0 aromatic carbocycles. The summed E-state index contributed by atoms with van der Waals surface area (Å²) in [5.41, 5.74) is 0. The Labute approximate surface area is 619 Å². The van der Waals surface area contributed by atoms with Crippen molar-refractivity contribution < 1.29 is 80.2 Å². The number of aliphatic hydroxyl groups is 1. The first-order valence-electron chi connectivity index (χ1n) is 42.3. The van der Waals surface area contributed by atoms with Crippen molar-refractivity contribution in [3.63, 3.8) is 0 Å². The van der Waals surface area contributed by atoms with Crippen LogP contribution in [0, 0.1) is 23.7 Å². The smallest absolute Gasteiger partial charge is 0.462 e. The normalized spacial score (nSPS) is 14.8. The number of phosphoric acid groups is 2. The molecule has 0 saturated carbocycles. The van der Waals surface area contributed by atoms with Crippen molar-refractivity contribution in [1.82, 2.24) is 0 Å². The average molecular weight is 1480 g/mol. The molecule has 0 aliphatic rings. The highest BCUT2D eigenvalue weighted by Gasteiger charge is 2.30. The van der Waals surface area contributed by atoms with E-state index in [0.717, 1.165) is 120 Å². The minimum atomic E-state index is -4.96. The van der Waals surface area contributed by atoms with Crippen molar-refractivity contribution in [2.24, 2.45) is 23.7 Å². The van der Waals surface area contributed by atoms with E-state index in [-0.39, 0.29) is 25.7 Å². The van der Waals surface area contributed by atoms with Gasteiger partial charge in [-0.15, -0.1) is 0 Å². The van der Waals surface area contributed by atoms with Crippen LogP contribution in [0.3, 0.4) is 0 Å². The molecule has 0 bridgehead atoms. The molecule has 0 spiro atoms. The average Bonchev–Trinajstić information content (AvgIpc) is 0.919. The van der Waals surface area contributed by atoms with Crippen LogP contribution in [0.5, 0.6) is 0 Å². The number of hydrogen-bond donors (Lipinski definition) is 3. The molecule has 0 radical (unpaired) electrons. The number of phosphoric ester groups is 2. The highest BCUT2D eigenvalue weighted by atomic mass is 31.2. The van der Waals surface area contributed by atoms with Crippen LogP contribution in [-0.2, 0) is 65.4 Å². The molecule has 0 rings (SSSR count). The fourth-order valence-corrected chi connectivity index (χ4v) is 14.1. The van der Waals surface area contributed by atoms with Crippen molar-refractivity contribution in [3.05, 3.63) is 0 Å². The Morgan fingerprint density at radius 2 is 0.475 bits per heavy atom. The second kappa shape index (κ2) is 71.0. The molecule has 0 aromatic heterocycles. The zero-order valence-corrected chi connectivity index (χ0v) is 68.3. The third kappa shape index (κ3) is 72.1. The van der Waals surface area contributed by atoms with Gasteiger partial charge in [0.15, 0.2) is 12.2 Å². The number of hydrogen-bond acceptors (Lipinski definition) is 15. The SMILES string of the molecule is CCC(C)CCCCCCCCCCCCCCCCC(=O)OC[C@H](COP(=O)(O)OC[C@@H](O)COP(=O)(O)OC[C@@H](COC(=O)CCCCCCCCC(C)CC)OC(=O)CCCCCCCCCCCCCCCCCCCCC(C)C)OC(=O)CCCCCCCCCCC(C)CC. The summed E-state index contributed by atoms with van der Waals surface area (Å²) >= 11 is 0. The van der Waals surface area contributed by atoms with E-state index >= 15 is 0 Å². The minimum Gasteiger partial charge on any atom is -0.462 e. The van der Waals surface area contributed by atoms with E-state index < -0.39 is 97.5 Å². The molecule has 0 amide bonds. The van der Waals surface area contributed by atoms with Crippen LogP contribution in [0.4, 0.5) is 0 Å². The Morgan fingerprint density at radius 1 is 0.277 bits per heavy atom. The van der Waals surface area contributed by atoms with Crippen molar-refractivity contribution in [2.45, 2.75) is 440 Å². The summed E-state index contributed by atoms with van der Waals surface area (Å²) in [5, 5.41) is 10.6. The lowest BCUT2D eigenvalue weighted by molar-refractivity contribution is -0.161. The predicted molar refractivity (Wildman–Crippen MR) is 414 cm³/mol. The van der Waals surface area contributed by atoms with Crippen molar-refractivity contribution >= 4 is 39.5 Å². The van der Waals surface area contributed by atoms with Gasteiger partial charge < -0.3 is 33.8 Å². The monoisotopic (exact) mass is 1480 g/mol. The summed E-state index contributed by atoms with van der Waals surface area (Å²) in [4.78, 5) is 73.0. The Kier molecular flexibility index (Phi) is 69.6. The summed E-state index contributed by atoms with van der Waals surface area (Å²) in [6, 6.07) is 0. The summed E-state index contributed by atoms with van der Waals surface area (Å²) in [6.45, 7) is 14.3. The second-order valence-corrected chi connectivity index (χ2v) is 33.6. The topological polar surface area (TPSA) is 237 Å². The van der Waals surface area contributed by atoms with E-state index in [1.54, 1.807) is 0 Å². The summed E-state index contributed by atoms with van der Waals surface area (Å²) in [7, 11) is -9.92. The van der Waals surface area contributed by atoms with Crippen LogP contribution in [0.25, 0.3) is 0 Å². The number of esters is 4. The van der Waals surface area contributed by atoms with Crippen molar-refractivity contribution in [3.8, 4) is 0 Å². The van der Waals surface area contributed by atoms with Gasteiger partial charge in [0, 0.05) is 25.7 Å². The highest BCUT2D eigenvalue weighted by molar-refractivity contribution is 7.47. The first-order chi connectivity index (χ1) is 48.7. The van der Waals surface area contributed by atoms with E-state index in [4.69, 9.17) is 37.0 Å². The molecule has 101 heavy (non-hydrogen) atoms. The maximum Gasteiger partial charge on any atom is 0.472 e. The molecule has 0 heterocycles. The number of carbonyl (C=O) groups excluding carboxylic acids is 4. The van der Waals surface area contributed by atoms with Crippen molar-refractivity contribution in [2.75, 3.05) is 39.6 Å². The quantitative estimate of drug-likeness (QED) is 0.0222. The molecule has 8 atom stereocenters. The van der Waals surface area contributed by atoms with Gasteiger partial charge in [0.25, 0.3) is 0 Å². The number of aliphatic hydroxyl groups excluding tert-OH is 1. The Bertz CT molecular complexity index is 1980. The van der Waals surface area contributed by atoms with Gasteiger partial charge in [-0.05, 0) is 49.4 Å². The molecule has 5 unspecified atom stereocenters. The van der Waals surface area contributed by atoms with Gasteiger partial charge in [-0.25, -0.2) is 9.13 Å². The van der Waals surface area contributed by atoms with Crippen LogP contribution in [0.1, 0.15) is 421 Å². The Hall–Kier alpha value is -1.94. The predicted octanol–water partition coefficient (Wildman–Crippen LogP) is 24.4. The van der Waals surface area contributed by atoms with E-state index in [1.165, 1.54) is 218 Å². The lowest BCUT2D eigenvalue weighted by atomic mass is 9.99. The second-order valence-electron chi connectivity index (χ2n) is 30.7. The van der Waals surface area contributed by atoms with E-state index in [2.05, 4.69) is 55.4 Å². The first-order valence-corrected chi connectivity index (χ1v) is 45.3. The van der Waals surface area contributed by atoms with E-state index in [0.29, 0.717) is 25.7 Å². The molecule has 0 fully saturated rings. The fraction of sp³-hybridized carbons (Fsp3) is 0.951. The van der Waals surface area contributed by atoms with Crippen molar-refractivity contribution in [1.29, 1.82) is 0 Å². The van der Waals surface area contributed by atoms with Gasteiger partial charge in [-0.2, -0.15) is 0 Å². The molecule has 600 valence electrons. The van der Waals surface area contributed by atoms with Gasteiger partial charge in [0.2, 0.25) is 0 Å². The molecule has 0 aliphatic heterocycles. The third-order valence-electron chi connectivity index (χ3n) is 20.2. The van der Waals surface area contributed by atoms with Gasteiger partial charge >= 0.3 is 39.5 Å². The molecule has 17 nitrogen and oxygen atoms in total. The maximum atomic E-state index is 13.1. The Balaban J connectivity index is 5.19. The number of unbranched alkanes of at least 4 members (excludes halogenated alkanes) is 42. The lowest BCUT2D eigenvalue weighted by Crippen LogP contribution is -2.30. The van der Waals surface area contributed by atoms with Gasteiger partial charge in [-0.1, -0.05) is 370 Å². The fourth-order valence-electron chi connectivity index (χ4n) is 12.5. The molecule has 19 heteroatoms. The Morgan fingerprint density at radius 3 is 0.703 bits per heavy atom. The molecular formula is C82H160O17P2. The van der Waals surface area contributed by atoms with Crippen LogP contribution < -0.4 is 0 Å². The van der Waals surface area contributed by atoms with E-state index in [9.17, 15) is 43.2 Å². The first kappa shape index (κ1) is 99.1. The summed E-state index contributed by atoms with van der Waals surface area (Å²) in [5.74, 6) is 1.05. The maximum absolute atomic E-state index is 13.1. The molecular weight excluding hydrogens is 1320 g/mol. The van der Waals surface area contributed by atoms with Gasteiger partial charge in [0.1, 0.15) is 19.3 Å². The van der Waals surface area contributed by atoms with Gasteiger partial charge in [-0.3, -0.25) is 37.3 Å². The largest absolute Gasteiger partial charge is 0.472 e. The van der Waals surface area contributed by atoms with Crippen LogP contribution in [0.2, 0.25) is 0 Å². The molecule has 0 aliphatic carbocycles. The zero-order valence-electron chi connectivity index (χ0n) is 66.5. The van der Waals surface area contributed by atoms with Crippen LogP contribution in [0.15, 0.2) is 0 Å². The zero-order chi connectivity index (χ0) is 74.6. The molecule has 0 saturated heterocycles. The third-order valence-corrected chi connectivity index (χ3v) is 22.1. The van der Waals surface area contributed by atoms with Gasteiger partial charge in [0.05, 0.1) is 26.4 Å². The number of ether oxygens (including phenoxy) is 4.